The number of ketones is 1. The molecule has 3 rings (SSSR count). The summed E-state index contributed by atoms with van der Waals surface area (Å²) in [5.74, 6) is -1.37. The van der Waals surface area contributed by atoms with E-state index in [1.807, 2.05) is 0 Å². The van der Waals surface area contributed by atoms with Crippen LogP contribution >= 0.6 is 0 Å². The molecule has 1 aliphatic rings. The first-order valence-corrected chi connectivity index (χ1v) is 8.03. The van der Waals surface area contributed by atoms with Gasteiger partial charge in [-0.1, -0.05) is 18.2 Å². The molecule has 0 amide bonds. The van der Waals surface area contributed by atoms with Crippen molar-refractivity contribution in [1.29, 1.82) is 0 Å². The number of hydrogen-bond donors (Lipinski definition) is 2. The molecule has 2 atom stereocenters. The molecule has 0 aliphatic carbocycles. The van der Waals surface area contributed by atoms with Crippen molar-refractivity contribution in [2.75, 3.05) is 14.2 Å². The van der Waals surface area contributed by atoms with E-state index in [-0.39, 0.29) is 28.6 Å². The molecule has 0 saturated heterocycles. The summed E-state index contributed by atoms with van der Waals surface area (Å²) in [5.41, 5.74) is 0.0879. The lowest BCUT2D eigenvalue weighted by Gasteiger charge is -2.32. The Morgan fingerprint density at radius 3 is 2.48 bits per heavy atom. The second-order valence-corrected chi connectivity index (χ2v) is 5.81. The number of phenols is 1. The lowest BCUT2D eigenvalue weighted by atomic mass is 9.92. The maximum atomic E-state index is 12.7. The number of para-hydroxylation sites is 1. The summed E-state index contributed by atoms with van der Waals surface area (Å²) in [7, 11) is 2.73. The number of rotatable bonds is 4. The summed E-state index contributed by atoms with van der Waals surface area (Å²) < 4.78 is 21.4. The van der Waals surface area contributed by atoms with Gasteiger partial charge in [0.2, 0.25) is 11.5 Å². The smallest absolute Gasteiger partial charge is 0.308 e. The van der Waals surface area contributed by atoms with E-state index in [1.165, 1.54) is 33.3 Å². The predicted octanol–water partition coefficient (Wildman–Crippen LogP) is 2.01. The molecule has 2 unspecified atom stereocenters. The number of hydrogen-bond acceptors (Lipinski definition) is 8. The first kappa shape index (κ1) is 18.5. The van der Waals surface area contributed by atoms with Crippen LogP contribution < -0.4 is 18.9 Å². The largest absolute Gasteiger partial charge is 0.507 e. The minimum absolute atomic E-state index is 0.0627. The third-order valence-corrected chi connectivity index (χ3v) is 4.13. The van der Waals surface area contributed by atoms with E-state index in [4.69, 9.17) is 18.9 Å². The number of aliphatic hydroxyl groups is 1. The molecule has 0 aromatic heterocycles. The predicted molar refractivity (Wildman–Crippen MR) is 92.7 cm³/mol. The lowest BCUT2D eigenvalue weighted by molar-refractivity contribution is -0.132. The van der Waals surface area contributed by atoms with E-state index in [9.17, 15) is 19.8 Å². The highest BCUT2D eigenvalue weighted by molar-refractivity contribution is 6.06. The Morgan fingerprint density at radius 1 is 1.15 bits per heavy atom. The van der Waals surface area contributed by atoms with E-state index in [1.54, 1.807) is 18.2 Å². The Hall–Kier alpha value is -3.26. The fourth-order valence-electron chi connectivity index (χ4n) is 2.97. The Bertz CT molecular complexity index is 905. The van der Waals surface area contributed by atoms with Crippen LogP contribution in [-0.2, 0) is 4.79 Å². The molecule has 1 aliphatic heterocycles. The summed E-state index contributed by atoms with van der Waals surface area (Å²) in [4.78, 5) is 24.1. The van der Waals surface area contributed by atoms with Crippen molar-refractivity contribution < 1.29 is 38.7 Å². The Kier molecular flexibility index (Phi) is 4.91. The van der Waals surface area contributed by atoms with Crippen molar-refractivity contribution in [3.63, 3.8) is 0 Å². The van der Waals surface area contributed by atoms with Crippen LogP contribution in [0.3, 0.4) is 0 Å². The highest BCUT2D eigenvalue weighted by Gasteiger charge is 2.42. The van der Waals surface area contributed by atoms with Crippen LogP contribution in [0.1, 0.15) is 28.9 Å². The SMILES string of the molecule is COc1cc(O)c2c(c1OC)OC(c1ccccc1OC(C)=O)C(O)C2=O. The lowest BCUT2D eigenvalue weighted by Crippen LogP contribution is -2.36. The molecule has 2 aromatic carbocycles. The number of ether oxygens (including phenoxy) is 4. The minimum Gasteiger partial charge on any atom is -0.507 e. The van der Waals surface area contributed by atoms with Gasteiger partial charge in [-0.2, -0.15) is 0 Å². The first-order valence-electron chi connectivity index (χ1n) is 8.03. The first-order chi connectivity index (χ1) is 12.9. The van der Waals surface area contributed by atoms with Crippen molar-refractivity contribution in [1.82, 2.24) is 0 Å². The second-order valence-electron chi connectivity index (χ2n) is 5.81. The van der Waals surface area contributed by atoms with Gasteiger partial charge in [0, 0.05) is 18.6 Å². The number of phenolic OH excluding ortho intramolecular Hbond substituents is 1. The highest BCUT2D eigenvalue weighted by Crippen LogP contribution is 2.50. The molecule has 142 valence electrons. The van der Waals surface area contributed by atoms with Crippen molar-refractivity contribution in [3.05, 3.63) is 41.5 Å². The molecule has 8 nitrogen and oxygen atoms in total. The van der Waals surface area contributed by atoms with Crippen LogP contribution in [0.15, 0.2) is 30.3 Å². The molecule has 0 fully saturated rings. The number of methoxy groups -OCH3 is 2. The molecule has 0 saturated carbocycles. The number of aromatic hydroxyl groups is 1. The molecular formula is C19H18O8. The van der Waals surface area contributed by atoms with Gasteiger partial charge in [-0.25, -0.2) is 0 Å². The Morgan fingerprint density at radius 2 is 1.85 bits per heavy atom. The third-order valence-electron chi connectivity index (χ3n) is 4.13. The number of carbonyl (C=O) groups is 2. The molecule has 27 heavy (non-hydrogen) atoms. The molecule has 1 heterocycles. The van der Waals surface area contributed by atoms with Crippen LogP contribution in [0.4, 0.5) is 0 Å². The molecule has 8 heteroatoms. The minimum atomic E-state index is -1.63. The standard InChI is InChI=1S/C19H18O8/c1-9(20)26-12-7-5-4-6-10(12)17-16(23)15(22)14-11(21)8-13(24-2)18(25-3)19(14)27-17/h4-8,16-17,21,23H,1-3H3. The normalized spacial score (nSPS) is 18.3. The number of benzene rings is 2. The van der Waals surface area contributed by atoms with Gasteiger partial charge in [0.05, 0.1) is 14.2 Å². The summed E-state index contributed by atoms with van der Waals surface area (Å²) in [6.45, 7) is 1.24. The number of fused-ring (bicyclic) bond motifs is 1. The fraction of sp³-hybridized carbons (Fsp3) is 0.263. The zero-order chi connectivity index (χ0) is 19.7. The average molecular weight is 374 g/mol. The topological polar surface area (TPSA) is 112 Å². The van der Waals surface area contributed by atoms with Gasteiger partial charge in [-0.3, -0.25) is 9.59 Å². The van der Waals surface area contributed by atoms with E-state index < -0.39 is 29.7 Å². The Labute approximate surface area is 154 Å². The molecule has 2 aromatic rings. The third kappa shape index (κ3) is 3.15. The van der Waals surface area contributed by atoms with Crippen LogP contribution in [0.25, 0.3) is 0 Å². The average Bonchev–Trinajstić information content (AvgIpc) is 2.64. The molecule has 0 radical (unpaired) electrons. The highest BCUT2D eigenvalue weighted by atomic mass is 16.6. The van der Waals surface area contributed by atoms with Crippen molar-refractivity contribution in [2.45, 2.75) is 19.1 Å². The molecule has 2 N–H and O–H groups in total. The molecule has 0 spiro atoms. The number of carbonyl (C=O) groups excluding carboxylic acids is 2. The van der Waals surface area contributed by atoms with Crippen molar-refractivity contribution in [3.8, 4) is 28.7 Å². The maximum Gasteiger partial charge on any atom is 0.308 e. The van der Waals surface area contributed by atoms with Gasteiger partial charge in [0.25, 0.3) is 0 Å². The van der Waals surface area contributed by atoms with Crippen LogP contribution in [0.5, 0.6) is 28.7 Å². The van der Waals surface area contributed by atoms with Crippen LogP contribution in [-0.4, -0.2) is 42.3 Å². The van der Waals surface area contributed by atoms with Gasteiger partial charge in [0.1, 0.15) is 17.1 Å². The quantitative estimate of drug-likeness (QED) is 0.618. The summed E-state index contributed by atoms with van der Waals surface area (Å²) >= 11 is 0. The van der Waals surface area contributed by atoms with Gasteiger partial charge in [-0.05, 0) is 6.07 Å². The molecule has 0 bridgehead atoms. The van der Waals surface area contributed by atoms with E-state index in [0.717, 1.165) is 0 Å². The summed E-state index contributed by atoms with van der Waals surface area (Å²) in [6.07, 6.45) is -2.81. The van der Waals surface area contributed by atoms with E-state index in [0.29, 0.717) is 5.56 Å². The number of esters is 1. The van der Waals surface area contributed by atoms with Gasteiger partial charge < -0.3 is 29.2 Å². The van der Waals surface area contributed by atoms with Crippen LogP contribution in [0, 0.1) is 0 Å². The monoisotopic (exact) mass is 374 g/mol. The molecular weight excluding hydrogens is 356 g/mol. The second kappa shape index (κ2) is 7.16. The zero-order valence-electron chi connectivity index (χ0n) is 14.9. The fourth-order valence-corrected chi connectivity index (χ4v) is 2.97. The van der Waals surface area contributed by atoms with Crippen molar-refractivity contribution in [2.24, 2.45) is 0 Å². The maximum absolute atomic E-state index is 12.7. The van der Waals surface area contributed by atoms with Crippen molar-refractivity contribution >= 4 is 11.8 Å². The summed E-state index contributed by atoms with van der Waals surface area (Å²) in [6, 6.07) is 7.59. The van der Waals surface area contributed by atoms with Gasteiger partial charge in [-0.15, -0.1) is 0 Å². The number of aliphatic hydroxyl groups excluding tert-OH is 1. The van der Waals surface area contributed by atoms with Gasteiger partial charge >= 0.3 is 5.97 Å². The van der Waals surface area contributed by atoms with Gasteiger partial charge in [0.15, 0.2) is 23.7 Å². The number of Topliss-reactive ketones (excluding diaryl/α,β-unsaturated/α-hetero) is 1. The van der Waals surface area contributed by atoms with Crippen LogP contribution in [0.2, 0.25) is 0 Å². The Balaban J connectivity index is 2.16. The zero-order valence-corrected chi connectivity index (χ0v) is 14.9. The summed E-state index contributed by atoms with van der Waals surface area (Å²) in [5, 5.41) is 20.7. The van der Waals surface area contributed by atoms with E-state index >= 15 is 0 Å². The van der Waals surface area contributed by atoms with E-state index in [2.05, 4.69) is 0 Å².